The minimum absolute atomic E-state index is 0.0865. The zero-order valence-electron chi connectivity index (χ0n) is 15.3. The Morgan fingerprint density at radius 2 is 1.64 bits per heavy atom. The van der Waals surface area contributed by atoms with Crippen molar-refractivity contribution < 1.29 is 9.59 Å². The highest BCUT2D eigenvalue weighted by molar-refractivity contribution is 6.03. The van der Waals surface area contributed by atoms with E-state index in [4.69, 9.17) is 0 Å². The second kappa shape index (κ2) is 7.97. The molecule has 0 aliphatic rings. The van der Waals surface area contributed by atoms with Crippen molar-refractivity contribution >= 4 is 17.5 Å². The summed E-state index contributed by atoms with van der Waals surface area (Å²) in [5.41, 5.74) is 3.36. The summed E-state index contributed by atoms with van der Waals surface area (Å²) in [4.78, 5) is 24.2. The van der Waals surface area contributed by atoms with Crippen molar-refractivity contribution in [2.24, 2.45) is 0 Å². The Morgan fingerprint density at radius 3 is 2.28 bits per heavy atom. The van der Waals surface area contributed by atoms with E-state index in [1.165, 1.54) is 11.1 Å². The topological polar surface area (TPSA) is 58.2 Å². The number of carbonyl (C=O) groups is 2. The van der Waals surface area contributed by atoms with Crippen molar-refractivity contribution in [1.82, 2.24) is 5.32 Å². The van der Waals surface area contributed by atoms with Gasteiger partial charge in [0.25, 0.3) is 5.91 Å². The van der Waals surface area contributed by atoms with Gasteiger partial charge in [0.1, 0.15) is 0 Å². The Morgan fingerprint density at radius 1 is 1.00 bits per heavy atom. The lowest BCUT2D eigenvalue weighted by atomic mass is 9.80. The van der Waals surface area contributed by atoms with Gasteiger partial charge in [-0.3, -0.25) is 9.59 Å². The standard InChI is InChI=1S/C21H26N2O2/c1-15-9-11-16(12-10-15)21(2,3)14-13-19(24)23-18-8-6-5-7-17(18)20(25)22-4/h5-12H,13-14H2,1-4H3,(H,22,25)(H,23,24). The van der Waals surface area contributed by atoms with Crippen LogP contribution in [0.25, 0.3) is 0 Å². The van der Waals surface area contributed by atoms with Crippen LogP contribution >= 0.6 is 0 Å². The maximum Gasteiger partial charge on any atom is 0.253 e. The molecule has 0 saturated heterocycles. The van der Waals surface area contributed by atoms with Crippen LogP contribution in [0, 0.1) is 6.92 Å². The summed E-state index contributed by atoms with van der Waals surface area (Å²) in [5, 5.41) is 5.45. The first-order valence-corrected chi connectivity index (χ1v) is 8.51. The molecule has 2 amide bonds. The van der Waals surface area contributed by atoms with Crippen LogP contribution < -0.4 is 10.6 Å². The lowest BCUT2D eigenvalue weighted by Crippen LogP contribution is -2.23. The molecule has 0 unspecified atom stereocenters. The lowest BCUT2D eigenvalue weighted by molar-refractivity contribution is -0.116. The van der Waals surface area contributed by atoms with Gasteiger partial charge in [0.05, 0.1) is 11.3 Å². The van der Waals surface area contributed by atoms with Crippen LogP contribution in [0.15, 0.2) is 48.5 Å². The van der Waals surface area contributed by atoms with Gasteiger partial charge in [-0.1, -0.05) is 55.8 Å². The fourth-order valence-electron chi connectivity index (χ4n) is 2.71. The third kappa shape index (κ3) is 4.92. The molecule has 2 rings (SSSR count). The normalized spacial score (nSPS) is 11.0. The van der Waals surface area contributed by atoms with Crippen molar-refractivity contribution in [1.29, 1.82) is 0 Å². The quantitative estimate of drug-likeness (QED) is 0.835. The number of benzene rings is 2. The first-order valence-electron chi connectivity index (χ1n) is 8.51. The average molecular weight is 338 g/mol. The summed E-state index contributed by atoms with van der Waals surface area (Å²) >= 11 is 0. The van der Waals surface area contributed by atoms with E-state index in [0.29, 0.717) is 17.7 Å². The Kier molecular flexibility index (Phi) is 5.97. The van der Waals surface area contributed by atoms with Crippen molar-refractivity contribution in [2.75, 3.05) is 12.4 Å². The largest absolute Gasteiger partial charge is 0.355 e. The Balaban J connectivity index is 2.01. The highest BCUT2D eigenvalue weighted by atomic mass is 16.2. The Hall–Kier alpha value is -2.62. The van der Waals surface area contributed by atoms with Gasteiger partial charge in [-0.05, 0) is 36.5 Å². The second-order valence-electron chi connectivity index (χ2n) is 6.92. The van der Waals surface area contributed by atoms with E-state index in [9.17, 15) is 9.59 Å². The van der Waals surface area contributed by atoms with E-state index in [1.54, 1.807) is 31.3 Å². The molecular formula is C21H26N2O2. The number of carbonyl (C=O) groups excluding carboxylic acids is 2. The maximum absolute atomic E-state index is 12.4. The minimum atomic E-state index is -0.212. The first-order chi connectivity index (χ1) is 11.8. The van der Waals surface area contributed by atoms with Gasteiger partial charge in [0.2, 0.25) is 5.91 Å². The zero-order chi connectivity index (χ0) is 18.4. The Labute approximate surface area is 149 Å². The van der Waals surface area contributed by atoms with E-state index in [-0.39, 0.29) is 17.2 Å². The summed E-state index contributed by atoms with van der Waals surface area (Å²) in [5.74, 6) is -0.299. The smallest absolute Gasteiger partial charge is 0.253 e. The fourth-order valence-corrected chi connectivity index (χ4v) is 2.71. The number of aryl methyl sites for hydroxylation is 1. The average Bonchev–Trinajstić information content (AvgIpc) is 2.60. The molecule has 0 radical (unpaired) electrons. The second-order valence-corrected chi connectivity index (χ2v) is 6.92. The van der Waals surface area contributed by atoms with E-state index in [0.717, 1.165) is 6.42 Å². The van der Waals surface area contributed by atoms with E-state index >= 15 is 0 Å². The number of rotatable bonds is 6. The van der Waals surface area contributed by atoms with Gasteiger partial charge in [-0.25, -0.2) is 0 Å². The van der Waals surface area contributed by atoms with Gasteiger partial charge in [-0.15, -0.1) is 0 Å². The molecule has 0 aromatic heterocycles. The van der Waals surface area contributed by atoms with Crippen LogP contribution in [0.4, 0.5) is 5.69 Å². The zero-order valence-corrected chi connectivity index (χ0v) is 15.3. The number of amides is 2. The number of nitrogens with one attached hydrogen (secondary N) is 2. The number of anilines is 1. The van der Waals surface area contributed by atoms with E-state index < -0.39 is 0 Å². The van der Waals surface area contributed by atoms with Crippen LogP contribution in [0.5, 0.6) is 0 Å². The van der Waals surface area contributed by atoms with E-state index in [1.807, 2.05) is 0 Å². The maximum atomic E-state index is 12.4. The van der Waals surface area contributed by atoms with Crippen molar-refractivity contribution in [2.45, 2.75) is 39.0 Å². The molecular weight excluding hydrogens is 312 g/mol. The molecule has 2 N–H and O–H groups in total. The summed E-state index contributed by atoms with van der Waals surface area (Å²) in [6.07, 6.45) is 1.12. The van der Waals surface area contributed by atoms with Crippen LogP contribution in [0.1, 0.15) is 48.2 Å². The lowest BCUT2D eigenvalue weighted by Gasteiger charge is -2.25. The number of para-hydroxylation sites is 1. The molecule has 0 aliphatic carbocycles. The molecule has 0 aliphatic heterocycles. The fraction of sp³-hybridized carbons (Fsp3) is 0.333. The molecule has 25 heavy (non-hydrogen) atoms. The molecule has 0 fully saturated rings. The first kappa shape index (κ1) is 18.7. The van der Waals surface area contributed by atoms with Crippen molar-refractivity contribution in [3.05, 3.63) is 65.2 Å². The molecule has 2 aromatic rings. The predicted octanol–water partition coefficient (Wildman–Crippen LogP) is 4.05. The van der Waals surface area contributed by atoms with Gasteiger partial charge in [0, 0.05) is 13.5 Å². The molecule has 0 saturated carbocycles. The van der Waals surface area contributed by atoms with Crippen LogP contribution in [0.3, 0.4) is 0 Å². The Bertz CT molecular complexity index is 749. The van der Waals surface area contributed by atoms with Crippen molar-refractivity contribution in [3.63, 3.8) is 0 Å². The van der Waals surface area contributed by atoms with Crippen LogP contribution in [-0.4, -0.2) is 18.9 Å². The van der Waals surface area contributed by atoms with Crippen molar-refractivity contribution in [3.8, 4) is 0 Å². The molecule has 4 heteroatoms. The van der Waals surface area contributed by atoms with Gasteiger partial charge >= 0.3 is 0 Å². The number of hydrogen-bond donors (Lipinski definition) is 2. The summed E-state index contributed by atoms with van der Waals surface area (Å²) < 4.78 is 0. The third-order valence-corrected chi connectivity index (χ3v) is 4.48. The van der Waals surface area contributed by atoms with Gasteiger partial charge in [0.15, 0.2) is 0 Å². The highest BCUT2D eigenvalue weighted by Crippen LogP contribution is 2.29. The van der Waals surface area contributed by atoms with Crippen LogP contribution in [0.2, 0.25) is 0 Å². The minimum Gasteiger partial charge on any atom is -0.355 e. The predicted molar refractivity (Wildman–Crippen MR) is 102 cm³/mol. The highest BCUT2D eigenvalue weighted by Gasteiger charge is 2.22. The van der Waals surface area contributed by atoms with Crippen LogP contribution in [-0.2, 0) is 10.2 Å². The summed E-state index contributed by atoms with van der Waals surface area (Å²) in [7, 11) is 1.57. The third-order valence-electron chi connectivity index (χ3n) is 4.48. The molecule has 132 valence electrons. The molecule has 0 atom stereocenters. The molecule has 2 aromatic carbocycles. The molecule has 4 nitrogen and oxygen atoms in total. The van der Waals surface area contributed by atoms with Gasteiger partial charge < -0.3 is 10.6 Å². The van der Waals surface area contributed by atoms with Gasteiger partial charge in [-0.2, -0.15) is 0 Å². The van der Waals surface area contributed by atoms with E-state index in [2.05, 4.69) is 55.7 Å². The number of hydrogen-bond acceptors (Lipinski definition) is 2. The summed E-state index contributed by atoms with van der Waals surface area (Å²) in [6, 6.07) is 15.5. The molecule has 0 bridgehead atoms. The SMILES string of the molecule is CNC(=O)c1ccccc1NC(=O)CCC(C)(C)c1ccc(C)cc1. The molecule has 0 spiro atoms. The molecule has 0 heterocycles. The monoisotopic (exact) mass is 338 g/mol. The summed E-state index contributed by atoms with van der Waals surface area (Å²) in [6.45, 7) is 6.35.